The fourth-order valence-corrected chi connectivity index (χ4v) is 5.61. The smallest absolute Gasteiger partial charge is 0.297 e. The molecule has 0 bridgehead atoms. The fraction of sp³-hybridized carbons (Fsp3) is 0.273. The van der Waals surface area contributed by atoms with E-state index in [-0.39, 0.29) is 24.7 Å². The molecular formula is C33H34O7S. The molecule has 1 aliphatic heterocycles. The maximum atomic E-state index is 13.5. The van der Waals surface area contributed by atoms with Crippen LogP contribution in [0.15, 0.2) is 120 Å². The number of benzene rings is 4. The highest BCUT2D eigenvalue weighted by atomic mass is 32.2. The first-order chi connectivity index (χ1) is 20.0. The fourth-order valence-electron chi connectivity index (χ4n) is 4.54. The summed E-state index contributed by atoms with van der Waals surface area (Å²) in [5.74, 6) is 0. The number of rotatable bonds is 12. The van der Waals surface area contributed by atoms with Crippen LogP contribution in [0.5, 0.6) is 0 Å². The molecular weight excluding hydrogens is 540 g/mol. The molecule has 7 nitrogen and oxygen atoms in total. The van der Waals surface area contributed by atoms with Crippen LogP contribution in [0, 0.1) is 6.92 Å². The van der Waals surface area contributed by atoms with E-state index in [1.165, 1.54) is 12.1 Å². The zero-order chi connectivity index (χ0) is 28.5. The standard InChI is InChI=1S/C33H34O7S/c1-25-17-19-29(20-18-25)41(34,35)40-32-31(37-22-27-13-7-3-8-14-27)30(36-21-26-11-5-2-6-12-26)24-39-33(32)38-23-28-15-9-4-10-16-28/h2-20,30-33H,21-24H2,1H3/t30-,31+,32-,33+/m1/s1. The normalized spacial score (nSPS) is 21.0. The molecule has 0 saturated carbocycles. The van der Waals surface area contributed by atoms with E-state index in [1.807, 2.05) is 97.9 Å². The van der Waals surface area contributed by atoms with Crippen molar-refractivity contribution in [3.8, 4) is 0 Å². The van der Waals surface area contributed by atoms with Gasteiger partial charge in [0, 0.05) is 0 Å². The van der Waals surface area contributed by atoms with Crippen LogP contribution in [0.1, 0.15) is 22.3 Å². The Labute approximate surface area is 241 Å². The van der Waals surface area contributed by atoms with Crippen LogP contribution in [0.3, 0.4) is 0 Å². The maximum absolute atomic E-state index is 13.5. The predicted molar refractivity (Wildman–Crippen MR) is 154 cm³/mol. The molecule has 8 heteroatoms. The minimum atomic E-state index is -4.19. The van der Waals surface area contributed by atoms with Gasteiger partial charge in [-0.25, -0.2) is 0 Å². The first kappa shape index (κ1) is 29.1. The lowest BCUT2D eigenvalue weighted by atomic mass is 10.0. The summed E-state index contributed by atoms with van der Waals surface area (Å²) in [6.45, 7) is 2.76. The van der Waals surface area contributed by atoms with Crippen LogP contribution >= 0.6 is 0 Å². The molecule has 214 valence electrons. The Hall–Kier alpha value is -3.37. The Balaban J connectivity index is 1.43. The van der Waals surface area contributed by atoms with Crippen molar-refractivity contribution in [2.45, 2.75) is 56.2 Å². The van der Waals surface area contributed by atoms with E-state index >= 15 is 0 Å². The van der Waals surface area contributed by atoms with Gasteiger partial charge in [0.05, 0.1) is 31.3 Å². The van der Waals surface area contributed by atoms with Gasteiger partial charge in [0.1, 0.15) is 12.2 Å². The molecule has 0 aliphatic carbocycles. The molecule has 4 atom stereocenters. The Morgan fingerprint density at radius 2 is 1.12 bits per heavy atom. The zero-order valence-electron chi connectivity index (χ0n) is 22.9. The third kappa shape index (κ3) is 8.10. The Kier molecular flexibility index (Phi) is 9.95. The van der Waals surface area contributed by atoms with Gasteiger partial charge < -0.3 is 18.9 Å². The number of hydrogen-bond acceptors (Lipinski definition) is 7. The van der Waals surface area contributed by atoms with Crippen molar-refractivity contribution in [1.82, 2.24) is 0 Å². The summed E-state index contributed by atoms with van der Waals surface area (Å²) in [4.78, 5) is 0.0408. The summed E-state index contributed by atoms with van der Waals surface area (Å²) in [7, 11) is -4.19. The van der Waals surface area contributed by atoms with Crippen LogP contribution in [0.25, 0.3) is 0 Å². The zero-order valence-corrected chi connectivity index (χ0v) is 23.7. The van der Waals surface area contributed by atoms with Gasteiger partial charge >= 0.3 is 0 Å². The number of hydrogen-bond donors (Lipinski definition) is 0. The lowest BCUT2D eigenvalue weighted by molar-refractivity contribution is -0.283. The largest absolute Gasteiger partial charge is 0.368 e. The van der Waals surface area contributed by atoms with Gasteiger partial charge in [-0.15, -0.1) is 0 Å². The second-order valence-electron chi connectivity index (χ2n) is 9.92. The molecule has 0 amide bonds. The SMILES string of the molecule is Cc1ccc(S(=O)(=O)O[C@H]2[C@@H](OCc3ccccc3)OC[C@@H](OCc3ccccc3)[C@@H]2OCc2ccccc2)cc1. The number of aryl methyl sites for hydroxylation is 1. The Morgan fingerprint density at radius 3 is 1.66 bits per heavy atom. The quantitative estimate of drug-likeness (QED) is 0.198. The van der Waals surface area contributed by atoms with E-state index in [2.05, 4.69) is 0 Å². The van der Waals surface area contributed by atoms with Crippen molar-refractivity contribution in [2.75, 3.05) is 6.61 Å². The van der Waals surface area contributed by atoms with Crippen LogP contribution in [-0.2, 0) is 53.1 Å². The molecule has 0 unspecified atom stereocenters. The minimum absolute atomic E-state index is 0.0408. The summed E-state index contributed by atoms with van der Waals surface area (Å²) < 4.78 is 57.8. The van der Waals surface area contributed by atoms with Crippen molar-refractivity contribution in [1.29, 1.82) is 0 Å². The van der Waals surface area contributed by atoms with E-state index in [4.69, 9.17) is 23.1 Å². The second-order valence-corrected chi connectivity index (χ2v) is 11.5. The van der Waals surface area contributed by atoms with Gasteiger partial charge in [0.25, 0.3) is 10.1 Å². The van der Waals surface area contributed by atoms with Crippen molar-refractivity contribution in [2.24, 2.45) is 0 Å². The minimum Gasteiger partial charge on any atom is -0.368 e. The average molecular weight is 575 g/mol. The van der Waals surface area contributed by atoms with E-state index in [1.54, 1.807) is 12.1 Å². The van der Waals surface area contributed by atoms with Crippen molar-refractivity contribution >= 4 is 10.1 Å². The van der Waals surface area contributed by atoms with Gasteiger partial charge in [-0.05, 0) is 35.7 Å². The van der Waals surface area contributed by atoms with Gasteiger partial charge in [-0.1, -0.05) is 109 Å². The number of ether oxygens (including phenoxy) is 4. The topological polar surface area (TPSA) is 80.3 Å². The molecule has 0 radical (unpaired) electrons. The first-order valence-electron chi connectivity index (χ1n) is 13.6. The molecule has 1 aliphatic rings. The molecule has 1 heterocycles. The van der Waals surface area contributed by atoms with Crippen molar-refractivity contribution in [3.05, 3.63) is 138 Å². The van der Waals surface area contributed by atoms with Gasteiger partial charge in [0.2, 0.25) is 0 Å². The lowest BCUT2D eigenvalue weighted by Gasteiger charge is -2.41. The Morgan fingerprint density at radius 1 is 0.634 bits per heavy atom. The van der Waals surface area contributed by atoms with Crippen molar-refractivity contribution in [3.63, 3.8) is 0 Å². The Bertz CT molecular complexity index is 1450. The van der Waals surface area contributed by atoms with E-state index in [9.17, 15) is 8.42 Å². The highest BCUT2D eigenvalue weighted by Crippen LogP contribution is 2.30. The molecule has 1 fully saturated rings. The van der Waals surface area contributed by atoms with Crippen LogP contribution in [-0.4, -0.2) is 39.6 Å². The second kappa shape index (κ2) is 14.0. The third-order valence-electron chi connectivity index (χ3n) is 6.78. The maximum Gasteiger partial charge on any atom is 0.297 e. The van der Waals surface area contributed by atoms with E-state index < -0.39 is 34.7 Å². The van der Waals surface area contributed by atoms with E-state index in [0.717, 1.165) is 22.3 Å². The molecule has 4 aromatic carbocycles. The van der Waals surface area contributed by atoms with Gasteiger partial charge in [-0.2, -0.15) is 8.42 Å². The summed E-state index contributed by atoms with van der Waals surface area (Å²) in [6.07, 6.45) is -3.58. The van der Waals surface area contributed by atoms with Crippen LogP contribution in [0.4, 0.5) is 0 Å². The molecule has 5 rings (SSSR count). The van der Waals surface area contributed by atoms with E-state index in [0.29, 0.717) is 6.61 Å². The molecule has 1 saturated heterocycles. The highest BCUT2D eigenvalue weighted by Gasteiger charge is 2.46. The van der Waals surface area contributed by atoms with Crippen LogP contribution < -0.4 is 0 Å². The highest BCUT2D eigenvalue weighted by molar-refractivity contribution is 7.86. The summed E-state index contributed by atoms with van der Waals surface area (Å²) in [6, 6.07) is 35.5. The first-order valence-corrected chi connectivity index (χ1v) is 15.0. The molecule has 41 heavy (non-hydrogen) atoms. The summed E-state index contributed by atoms with van der Waals surface area (Å²) >= 11 is 0. The van der Waals surface area contributed by atoms with Crippen LogP contribution in [0.2, 0.25) is 0 Å². The van der Waals surface area contributed by atoms with Crippen molar-refractivity contribution < 1.29 is 31.5 Å². The monoisotopic (exact) mass is 574 g/mol. The third-order valence-corrected chi connectivity index (χ3v) is 8.11. The lowest BCUT2D eigenvalue weighted by Crippen LogP contribution is -2.57. The average Bonchev–Trinajstić information content (AvgIpc) is 3.00. The molecule has 0 spiro atoms. The summed E-state index contributed by atoms with van der Waals surface area (Å²) in [5, 5.41) is 0. The molecule has 4 aromatic rings. The van der Waals surface area contributed by atoms with Gasteiger partial charge in [0.15, 0.2) is 12.4 Å². The summed E-state index contributed by atoms with van der Waals surface area (Å²) in [5.41, 5.74) is 3.76. The predicted octanol–water partition coefficient (Wildman–Crippen LogP) is 5.81. The molecule has 0 N–H and O–H groups in total. The van der Waals surface area contributed by atoms with Gasteiger partial charge in [-0.3, -0.25) is 4.18 Å². The molecule has 0 aromatic heterocycles.